The summed E-state index contributed by atoms with van der Waals surface area (Å²) in [6.07, 6.45) is 9.90. The molecule has 6 aromatic carbocycles. The van der Waals surface area contributed by atoms with Crippen molar-refractivity contribution in [2.75, 3.05) is 0 Å². The van der Waals surface area contributed by atoms with E-state index in [-0.39, 0.29) is 6.25 Å². The van der Waals surface area contributed by atoms with Crippen LogP contribution in [0, 0.1) is 0 Å². The molecule has 2 atom stereocenters. The predicted octanol–water partition coefficient (Wildman–Crippen LogP) is 10.6. The first-order valence-electron chi connectivity index (χ1n) is 14.5. The molecule has 0 spiro atoms. The van der Waals surface area contributed by atoms with Crippen LogP contribution >= 0.6 is 0 Å². The Hall–Kier alpha value is -3.80. The summed E-state index contributed by atoms with van der Waals surface area (Å²) in [7, 11) is 0. The van der Waals surface area contributed by atoms with Gasteiger partial charge in [0.05, 0.1) is 0 Å². The van der Waals surface area contributed by atoms with Crippen molar-refractivity contribution in [3.63, 3.8) is 0 Å². The zero-order valence-corrected chi connectivity index (χ0v) is 25.8. The minimum absolute atomic E-state index is 0.107. The molecule has 2 aliphatic rings. The molecule has 0 aromatic heterocycles. The van der Waals surface area contributed by atoms with Crippen molar-refractivity contribution in [1.82, 2.24) is 0 Å². The van der Waals surface area contributed by atoms with Crippen LogP contribution in [0.5, 0.6) is 0 Å². The zero-order valence-electron chi connectivity index (χ0n) is 23.4. The van der Waals surface area contributed by atoms with Gasteiger partial charge in [-0.2, -0.15) is 0 Å². The molecular formula is C40H30Zr. The van der Waals surface area contributed by atoms with Gasteiger partial charge in [-0.25, -0.2) is 0 Å². The van der Waals surface area contributed by atoms with Crippen LogP contribution in [-0.4, -0.2) is 0 Å². The molecule has 1 heteroatoms. The fourth-order valence-corrected chi connectivity index (χ4v) is 12.4. The second-order valence-electron chi connectivity index (χ2n) is 11.8. The average Bonchev–Trinajstić information content (AvgIpc) is 3.53. The van der Waals surface area contributed by atoms with Crippen LogP contribution in [-0.2, 0) is 29.5 Å². The van der Waals surface area contributed by atoms with E-state index < -0.39 is 23.2 Å². The van der Waals surface area contributed by atoms with Gasteiger partial charge in [-0.05, 0) is 0 Å². The summed E-state index contributed by atoms with van der Waals surface area (Å²) in [4.78, 5) is 0. The number of rotatable bonds is 4. The van der Waals surface area contributed by atoms with Gasteiger partial charge in [-0.1, -0.05) is 0 Å². The Balaban J connectivity index is 1.20. The first kappa shape index (κ1) is 25.0. The van der Waals surface area contributed by atoms with Crippen molar-refractivity contribution in [3.8, 4) is 22.3 Å². The van der Waals surface area contributed by atoms with Gasteiger partial charge < -0.3 is 0 Å². The van der Waals surface area contributed by atoms with Gasteiger partial charge in [-0.3, -0.25) is 0 Å². The van der Waals surface area contributed by atoms with Crippen LogP contribution in [0.4, 0.5) is 0 Å². The molecule has 0 saturated heterocycles. The molecule has 0 radical (unpaired) electrons. The molecule has 0 heterocycles. The fourth-order valence-electron chi connectivity index (χ4n) is 7.22. The Morgan fingerprint density at radius 2 is 0.805 bits per heavy atom. The molecule has 194 valence electrons. The summed E-state index contributed by atoms with van der Waals surface area (Å²) in [6.45, 7) is 5.00. The Morgan fingerprint density at radius 1 is 0.415 bits per heavy atom. The molecule has 2 aliphatic carbocycles. The van der Waals surface area contributed by atoms with Gasteiger partial charge in [0.15, 0.2) is 0 Å². The standard InChI is InChI=1S/2C20H15.Zr/c2*1-14-12-13-20-16(14)9-5-11-19(20)18-10-4-7-15-6-2-3-8-17(15)18;/h2*2-13H,1H3;. The van der Waals surface area contributed by atoms with Crippen LogP contribution in [0.3, 0.4) is 0 Å². The molecule has 0 N–H and O–H groups in total. The summed E-state index contributed by atoms with van der Waals surface area (Å²) in [6, 6.07) is 44.9. The monoisotopic (exact) mass is 600 g/mol. The van der Waals surface area contributed by atoms with E-state index in [1.54, 1.807) is 0 Å². The van der Waals surface area contributed by atoms with Crippen molar-refractivity contribution in [2.24, 2.45) is 0 Å². The van der Waals surface area contributed by atoms with Crippen molar-refractivity contribution in [3.05, 3.63) is 156 Å². The van der Waals surface area contributed by atoms with Crippen LogP contribution < -0.4 is 0 Å². The average molecular weight is 602 g/mol. The van der Waals surface area contributed by atoms with E-state index in [1.807, 2.05) is 0 Å². The van der Waals surface area contributed by atoms with Crippen molar-refractivity contribution < 1.29 is 23.2 Å². The van der Waals surface area contributed by atoms with Crippen LogP contribution in [0.25, 0.3) is 56.0 Å². The first-order valence-corrected chi connectivity index (χ1v) is 16.9. The van der Waals surface area contributed by atoms with E-state index in [0.717, 1.165) is 0 Å². The molecule has 41 heavy (non-hydrogen) atoms. The van der Waals surface area contributed by atoms with E-state index in [4.69, 9.17) is 0 Å². The maximum atomic E-state index is 2.53. The summed E-state index contributed by atoms with van der Waals surface area (Å²) in [5.74, 6) is 0. The third-order valence-electron chi connectivity index (χ3n) is 9.18. The third-order valence-corrected chi connectivity index (χ3v) is 13.9. The van der Waals surface area contributed by atoms with Gasteiger partial charge >= 0.3 is 255 Å². The summed E-state index contributed by atoms with van der Waals surface area (Å²) in [5.41, 5.74) is 11.2. The van der Waals surface area contributed by atoms with Gasteiger partial charge in [0.25, 0.3) is 0 Å². The Labute approximate surface area is 253 Å². The molecule has 0 aliphatic heterocycles. The molecular weight excluding hydrogens is 572 g/mol. The van der Waals surface area contributed by atoms with Gasteiger partial charge in [0.2, 0.25) is 0 Å². The van der Waals surface area contributed by atoms with Gasteiger partial charge in [0, 0.05) is 0 Å². The predicted molar refractivity (Wildman–Crippen MR) is 172 cm³/mol. The zero-order chi connectivity index (χ0) is 27.6. The summed E-state index contributed by atoms with van der Waals surface area (Å²) >= 11 is -1.08. The first-order chi connectivity index (χ1) is 20.0. The SMILES string of the molecule is C[C]1([Zr][C]2(C)C=Cc3c(-c4cccc5ccccc45)cccc32)C=Cc2c(-c3cccc4ccccc34)cccc21. The quantitative estimate of drug-likeness (QED) is 0.189. The molecule has 2 unspecified atom stereocenters. The molecule has 8 rings (SSSR count). The number of benzene rings is 6. The second kappa shape index (κ2) is 9.37. The van der Waals surface area contributed by atoms with E-state index in [0.29, 0.717) is 0 Å². The Kier molecular flexibility index (Phi) is 5.70. The maximum absolute atomic E-state index is 2.53. The number of hydrogen-bond acceptors (Lipinski definition) is 0. The molecule has 0 fully saturated rings. The molecule has 0 saturated carbocycles. The van der Waals surface area contributed by atoms with Crippen molar-refractivity contribution in [2.45, 2.75) is 20.1 Å². The number of allylic oxidation sites excluding steroid dienone is 2. The van der Waals surface area contributed by atoms with E-state index >= 15 is 0 Å². The van der Waals surface area contributed by atoms with Crippen molar-refractivity contribution >= 4 is 33.7 Å². The van der Waals surface area contributed by atoms with Crippen molar-refractivity contribution in [1.29, 1.82) is 0 Å². The molecule has 0 amide bonds. The van der Waals surface area contributed by atoms with Crippen LogP contribution in [0.15, 0.2) is 133 Å². The van der Waals surface area contributed by atoms with E-state index in [9.17, 15) is 0 Å². The summed E-state index contributed by atoms with van der Waals surface area (Å²) in [5, 5.41) is 5.24. The van der Waals surface area contributed by atoms with Crippen LogP contribution in [0.2, 0.25) is 0 Å². The van der Waals surface area contributed by atoms with Crippen LogP contribution in [0.1, 0.15) is 36.1 Å². The number of fused-ring (bicyclic) bond motifs is 4. The minimum atomic E-state index is -1.08. The molecule has 6 aromatic rings. The van der Waals surface area contributed by atoms with Gasteiger partial charge in [0.1, 0.15) is 0 Å². The summed E-state index contributed by atoms with van der Waals surface area (Å²) < 4.78 is 0.213. The third kappa shape index (κ3) is 3.90. The number of hydrogen-bond donors (Lipinski definition) is 0. The Morgan fingerprint density at radius 3 is 1.29 bits per heavy atom. The van der Waals surface area contributed by atoms with E-state index in [2.05, 4.69) is 159 Å². The molecule has 0 nitrogen and oxygen atoms in total. The fraction of sp³-hybridized carbons (Fsp3) is 0.100. The second-order valence-corrected chi connectivity index (χ2v) is 17.5. The molecule has 0 bridgehead atoms. The van der Waals surface area contributed by atoms with E-state index in [1.165, 1.54) is 66.1 Å². The Bertz CT molecular complexity index is 1900. The van der Waals surface area contributed by atoms with Gasteiger partial charge in [-0.15, -0.1) is 0 Å². The topological polar surface area (TPSA) is 0 Å². The normalized spacial score (nSPS) is 20.4.